The number of piperidine rings is 1. The lowest BCUT2D eigenvalue weighted by Crippen LogP contribution is -2.40. The summed E-state index contributed by atoms with van der Waals surface area (Å²) in [6, 6.07) is 10.3. The van der Waals surface area contributed by atoms with Gasteiger partial charge in [-0.25, -0.2) is 0 Å². The first kappa shape index (κ1) is 13.5. The average molecular weight is 249 g/mol. The van der Waals surface area contributed by atoms with E-state index in [0.29, 0.717) is 6.61 Å². The molecule has 1 aromatic rings. The number of hydrogen-bond acceptors (Lipinski definition) is 3. The highest BCUT2D eigenvalue weighted by Gasteiger charge is 2.21. The van der Waals surface area contributed by atoms with Crippen LogP contribution in [-0.2, 0) is 16.2 Å². The molecule has 2 rings (SSSR count). The Labute approximate surface area is 110 Å². The molecule has 0 aliphatic carbocycles. The maximum Gasteiger partial charge on any atom is 0.0737 e. The van der Waals surface area contributed by atoms with Gasteiger partial charge in [0.25, 0.3) is 0 Å². The Morgan fingerprint density at radius 1 is 1.28 bits per heavy atom. The van der Waals surface area contributed by atoms with Crippen LogP contribution < -0.4 is 0 Å². The summed E-state index contributed by atoms with van der Waals surface area (Å²) in [5.41, 5.74) is 1.24. The summed E-state index contributed by atoms with van der Waals surface area (Å²) in [4.78, 5) is 5.73. The molecule has 0 bridgehead atoms. The first-order valence-electron chi connectivity index (χ1n) is 6.81. The van der Waals surface area contributed by atoms with Crippen molar-refractivity contribution in [3.05, 3.63) is 35.9 Å². The smallest absolute Gasteiger partial charge is 0.0737 e. The summed E-state index contributed by atoms with van der Waals surface area (Å²) in [5, 5.41) is 2.05. The van der Waals surface area contributed by atoms with Gasteiger partial charge in [-0.05, 0) is 32.3 Å². The number of hydroxylamine groups is 2. The minimum Gasteiger partial charge on any atom is -0.372 e. The number of hydrogen-bond donors (Lipinski definition) is 0. The van der Waals surface area contributed by atoms with Crippen LogP contribution in [0.1, 0.15) is 32.3 Å². The van der Waals surface area contributed by atoms with E-state index in [4.69, 9.17) is 9.57 Å². The summed E-state index contributed by atoms with van der Waals surface area (Å²) in [6.07, 6.45) is 2.81. The first-order valence-corrected chi connectivity index (χ1v) is 6.81. The summed E-state index contributed by atoms with van der Waals surface area (Å²) in [7, 11) is 0. The van der Waals surface area contributed by atoms with Crippen molar-refractivity contribution in [3.8, 4) is 0 Å². The third kappa shape index (κ3) is 4.41. The van der Waals surface area contributed by atoms with Crippen molar-refractivity contribution in [1.82, 2.24) is 5.06 Å². The topological polar surface area (TPSA) is 21.7 Å². The van der Waals surface area contributed by atoms with Crippen molar-refractivity contribution in [3.63, 3.8) is 0 Å². The quantitative estimate of drug-likeness (QED) is 0.800. The van der Waals surface area contributed by atoms with Crippen LogP contribution in [0.25, 0.3) is 0 Å². The monoisotopic (exact) mass is 249 g/mol. The lowest BCUT2D eigenvalue weighted by atomic mass is 10.1. The molecule has 1 atom stereocenters. The fraction of sp³-hybridized carbons (Fsp3) is 0.600. The Hall–Kier alpha value is -0.900. The summed E-state index contributed by atoms with van der Waals surface area (Å²) < 4.78 is 5.96. The zero-order chi connectivity index (χ0) is 12.8. The van der Waals surface area contributed by atoms with Gasteiger partial charge in [0.1, 0.15) is 0 Å². The van der Waals surface area contributed by atoms with Crippen LogP contribution >= 0.6 is 0 Å². The number of nitrogens with zero attached hydrogens (tertiary/aromatic N) is 1. The maximum atomic E-state index is 5.96. The second kappa shape index (κ2) is 6.88. The SMILES string of the molecule is CC(C)ON1CCCC(OCc2ccccc2)C1. The van der Waals surface area contributed by atoms with Crippen LogP contribution in [0, 0.1) is 0 Å². The Kier molecular flexibility index (Phi) is 5.17. The molecule has 0 radical (unpaired) electrons. The van der Waals surface area contributed by atoms with Gasteiger partial charge in [0.15, 0.2) is 0 Å². The van der Waals surface area contributed by atoms with E-state index in [0.717, 1.165) is 25.9 Å². The van der Waals surface area contributed by atoms with Gasteiger partial charge in [-0.15, -0.1) is 0 Å². The first-order chi connectivity index (χ1) is 8.74. The molecule has 0 aromatic heterocycles. The molecule has 1 saturated heterocycles. The van der Waals surface area contributed by atoms with E-state index in [1.54, 1.807) is 0 Å². The fourth-order valence-corrected chi connectivity index (χ4v) is 2.22. The normalized spacial score (nSPS) is 21.4. The van der Waals surface area contributed by atoms with Gasteiger partial charge >= 0.3 is 0 Å². The van der Waals surface area contributed by atoms with E-state index in [1.165, 1.54) is 5.56 Å². The molecule has 0 amide bonds. The van der Waals surface area contributed by atoms with Crippen molar-refractivity contribution in [2.75, 3.05) is 13.1 Å². The second-order valence-corrected chi connectivity index (χ2v) is 5.10. The Balaban J connectivity index is 1.76. The van der Waals surface area contributed by atoms with Crippen molar-refractivity contribution >= 4 is 0 Å². The number of benzene rings is 1. The predicted octanol–water partition coefficient (Wildman–Crippen LogP) is 3.01. The van der Waals surface area contributed by atoms with Gasteiger partial charge in [0.2, 0.25) is 0 Å². The highest BCUT2D eigenvalue weighted by atomic mass is 16.7. The predicted molar refractivity (Wildman–Crippen MR) is 72.0 cm³/mol. The van der Waals surface area contributed by atoms with Crippen LogP contribution in [0.3, 0.4) is 0 Å². The molecule has 1 fully saturated rings. The van der Waals surface area contributed by atoms with E-state index in [-0.39, 0.29) is 12.2 Å². The summed E-state index contributed by atoms with van der Waals surface area (Å²) in [5.74, 6) is 0. The van der Waals surface area contributed by atoms with Gasteiger partial charge in [-0.2, -0.15) is 5.06 Å². The van der Waals surface area contributed by atoms with Gasteiger partial charge in [0, 0.05) is 6.54 Å². The van der Waals surface area contributed by atoms with Crippen molar-refractivity contribution in [2.45, 2.75) is 45.5 Å². The van der Waals surface area contributed by atoms with Crippen molar-refractivity contribution in [1.29, 1.82) is 0 Å². The average Bonchev–Trinajstić information content (AvgIpc) is 2.37. The Bertz CT molecular complexity index is 340. The molecule has 0 saturated carbocycles. The molecule has 1 unspecified atom stereocenters. The molecular formula is C15H23NO2. The summed E-state index contributed by atoms with van der Waals surface area (Å²) >= 11 is 0. The van der Waals surface area contributed by atoms with Gasteiger partial charge in [0.05, 0.1) is 25.4 Å². The van der Waals surface area contributed by atoms with E-state index < -0.39 is 0 Å². The molecule has 3 heteroatoms. The molecule has 1 heterocycles. The Morgan fingerprint density at radius 2 is 2.06 bits per heavy atom. The van der Waals surface area contributed by atoms with E-state index >= 15 is 0 Å². The van der Waals surface area contributed by atoms with Crippen LogP contribution in [0.5, 0.6) is 0 Å². The van der Waals surface area contributed by atoms with E-state index in [9.17, 15) is 0 Å². The molecule has 1 aliphatic rings. The van der Waals surface area contributed by atoms with E-state index in [1.807, 2.05) is 23.3 Å². The summed E-state index contributed by atoms with van der Waals surface area (Å²) in [6.45, 7) is 6.72. The lowest BCUT2D eigenvalue weighted by molar-refractivity contribution is -0.216. The highest BCUT2D eigenvalue weighted by molar-refractivity contribution is 5.13. The van der Waals surface area contributed by atoms with Crippen LogP contribution in [0.15, 0.2) is 30.3 Å². The number of rotatable bonds is 5. The highest BCUT2D eigenvalue weighted by Crippen LogP contribution is 2.16. The van der Waals surface area contributed by atoms with E-state index in [2.05, 4.69) is 26.0 Å². The minimum absolute atomic E-state index is 0.248. The fourth-order valence-electron chi connectivity index (χ4n) is 2.22. The van der Waals surface area contributed by atoms with Crippen molar-refractivity contribution < 1.29 is 9.57 Å². The second-order valence-electron chi connectivity index (χ2n) is 5.10. The molecule has 1 aromatic carbocycles. The standard InChI is InChI=1S/C15H23NO2/c1-13(2)18-16-10-6-9-15(11-16)17-12-14-7-4-3-5-8-14/h3-5,7-8,13,15H,6,9-12H2,1-2H3. The van der Waals surface area contributed by atoms with Crippen LogP contribution in [-0.4, -0.2) is 30.4 Å². The lowest BCUT2D eigenvalue weighted by Gasteiger charge is -2.32. The molecule has 1 aliphatic heterocycles. The van der Waals surface area contributed by atoms with Crippen LogP contribution in [0.4, 0.5) is 0 Å². The molecule has 0 N–H and O–H groups in total. The van der Waals surface area contributed by atoms with Gasteiger partial charge in [-0.3, -0.25) is 4.84 Å². The minimum atomic E-state index is 0.248. The van der Waals surface area contributed by atoms with Crippen LogP contribution in [0.2, 0.25) is 0 Å². The molecule has 0 spiro atoms. The largest absolute Gasteiger partial charge is 0.372 e. The maximum absolute atomic E-state index is 5.96. The third-order valence-corrected chi connectivity index (χ3v) is 3.03. The number of ether oxygens (including phenoxy) is 1. The Morgan fingerprint density at radius 3 is 2.78 bits per heavy atom. The zero-order valence-corrected chi connectivity index (χ0v) is 11.3. The van der Waals surface area contributed by atoms with Gasteiger partial charge < -0.3 is 4.74 Å². The third-order valence-electron chi connectivity index (χ3n) is 3.03. The molecule has 3 nitrogen and oxygen atoms in total. The molecule has 18 heavy (non-hydrogen) atoms. The molecular weight excluding hydrogens is 226 g/mol. The van der Waals surface area contributed by atoms with Crippen molar-refractivity contribution in [2.24, 2.45) is 0 Å². The zero-order valence-electron chi connectivity index (χ0n) is 11.3. The van der Waals surface area contributed by atoms with Gasteiger partial charge in [-0.1, -0.05) is 30.3 Å². The molecule has 100 valence electrons.